The number of allylic oxidation sites excluding steroid dienone is 19. The predicted octanol–water partition coefficient (Wildman–Crippen LogP) is 19.1. The molecule has 0 heterocycles. The molecule has 77 heavy (non-hydrogen) atoms. The number of hydrogen-bond acceptors (Lipinski definition) is 6. The van der Waals surface area contributed by atoms with Gasteiger partial charge in [0.15, 0.2) is 0 Å². The second kappa shape index (κ2) is 57.6. The summed E-state index contributed by atoms with van der Waals surface area (Å²) in [4.78, 5) is 25.6. The first-order valence-corrected chi connectivity index (χ1v) is 32.9. The Morgan fingerprint density at radius 1 is 0.468 bits per heavy atom. The molecule has 0 fully saturated rings. The lowest BCUT2D eigenvalue weighted by Crippen LogP contribution is -2.45. The van der Waals surface area contributed by atoms with Crippen LogP contribution in [0.4, 0.5) is 0 Å². The lowest BCUT2D eigenvalue weighted by Gasteiger charge is -2.29. The number of phosphoric ester groups is 1. The van der Waals surface area contributed by atoms with E-state index in [2.05, 4.69) is 129 Å². The quantitative estimate of drug-likeness (QED) is 0.0272. The van der Waals surface area contributed by atoms with Crippen LogP contribution < -0.4 is 10.2 Å². The van der Waals surface area contributed by atoms with Gasteiger partial charge in [-0.15, -0.1) is 0 Å². The van der Waals surface area contributed by atoms with Gasteiger partial charge >= 0.3 is 0 Å². The normalized spacial score (nSPS) is 14.6. The molecule has 0 aliphatic heterocycles. The number of nitrogens with zero attached hydrogens (tertiary/aromatic N) is 1. The van der Waals surface area contributed by atoms with E-state index in [-0.39, 0.29) is 12.5 Å². The van der Waals surface area contributed by atoms with Crippen LogP contribution in [-0.2, 0) is 18.4 Å². The highest BCUT2D eigenvalue weighted by molar-refractivity contribution is 7.45. The number of carbonyl (C=O) groups excluding carboxylic acids is 1. The highest BCUT2D eigenvalue weighted by Crippen LogP contribution is 2.38. The van der Waals surface area contributed by atoms with Gasteiger partial charge in [-0.1, -0.05) is 270 Å². The third kappa shape index (κ3) is 60.4. The van der Waals surface area contributed by atoms with E-state index in [9.17, 15) is 19.4 Å². The molecule has 0 radical (unpaired) electrons. The SMILES string of the molecule is CC/C=C\C/C=C\C/C=C\C/C=C\C/C=C\C/C=C\C/C=C\C/C=C\CCCCCCCCCCC(=O)NC(COP(=O)([O-])OCC[N+](C)(C)C)C(O)/C=C/CC/C=C/CCCCCCCCCCCCCCCCCC. The molecule has 8 nitrogen and oxygen atoms in total. The third-order valence-electron chi connectivity index (χ3n) is 13.4. The first-order valence-electron chi connectivity index (χ1n) is 31.4. The number of quaternary nitrogens is 1. The van der Waals surface area contributed by atoms with Crippen molar-refractivity contribution in [1.82, 2.24) is 5.32 Å². The number of unbranched alkanes of at least 4 members (excludes halogenated alkanes) is 25. The summed E-state index contributed by atoms with van der Waals surface area (Å²) in [7, 11) is 1.22. The van der Waals surface area contributed by atoms with Gasteiger partial charge in [-0.05, 0) is 96.3 Å². The number of aliphatic hydroxyl groups excluding tert-OH is 1. The van der Waals surface area contributed by atoms with Crippen LogP contribution in [0.3, 0.4) is 0 Å². The molecular formula is C68H119N2O6P. The minimum absolute atomic E-state index is 0.0140. The monoisotopic (exact) mass is 1090 g/mol. The van der Waals surface area contributed by atoms with Crippen molar-refractivity contribution < 1.29 is 32.9 Å². The van der Waals surface area contributed by atoms with E-state index in [1.165, 1.54) is 128 Å². The molecule has 0 aliphatic carbocycles. The molecule has 442 valence electrons. The number of rotatable bonds is 56. The summed E-state index contributed by atoms with van der Waals surface area (Å²) in [6.45, 7) is 4.51. The molecule has 9 heteroatoms. The van der Waals surface area contributed by atoms with E-state index < -0.39 is 26.6 Å². The average molecular weight is 1090 g/mol. The molecule has 0 saturated carbocycles. The van der Waals surface area contributed by atoms with Gasteiger partial charge in [0.1, 0.15) is 13.2 Å². The minimum atomic E-state index is -4.62. The third-order valence-corrected chi connectivity index (χ3v) is 14.4. The first-order chi connectivity index (χ1) is 37.5. The Hall–Kier alpha value is -3.10. The van der Waals surface area contributed by atoms with E-state index in [4.69, 9.17) is 9.05 Å². The number of nitrogens with one attached hydrogen (secondary N) is 1. The molecule has 0 spiro atoms. The number of carbonyl (C=O) groups is 1. The van der Waals surface area contributed by atoms with Crippen molar-refractivity contribution in [3.05, 3.63) is 122 Å². The summed E-state index contributed by atoms with van der Waals surface area (Å²) in [6.07, 6.45) is 85.7. The zero-order chi connectivity index (χ0) is 56.3. The fourth-order valence-electron chi connectivity index (χ4n) is 8.54. The number of aliphatic hydroxyl groups is 1. The van der Waals surface area contributed by atoms with Gasteiger partial charge in [0, 0.05) is 6.42 Å². The van der Waals surface area contributed by atoms with Crippen molar-refractivity contribution in [3.63, 3.8) is 0 Å². The van der Waals surface area contributed by atoms with Gasteiger partial charge in [-0.2, -0.15) is 0 Å². The number of amides is 1. The van der Waals surface area contributed by atoms with Crippen LogP contribution in [0.5, 0.6) is 0 Å². The Labute approximate surface area is 475 Å². The predicted molar refractivity (Wildman–Crippen MR) is 334 cm³/mol. The van der Waals surface area contributed by atoms with Crippen molar-refractivity contribution in [2.75, 3.05) is 40.9 Å². The van der Waals surface area contributed by atoms with Crippen molar-refractivity contribution >= 4 is 13.7 Å². The Balaban J connectivity index is 4.25. The molecule has 3 unspecified atom stereocenters. The molecule has 0 aromatic rings. The van der Waals surface area contributed by atoms with Gasteiger partial charge in [0.05, 0.1) is 39.9 Å². The lowest BCUT2D eigenvalue weighted by molar-refractivity contribution is -0.870. The molecule has 0 aromatic carbocycles. The largest absolute Gasteiger partial charge is 0.756 e. The summed E-state index contributed by atoms with van der Waals surface area (Å²) in [5.41, 5.74) is 0. The van der Waals surface area contributed by atoms with Crippen LogP contribution >= 0.6 is 7.82 Å². The van der Waals surface area contributed by atoms with E-state index in [1.54, 1.807) is 6.08 Å². The molecule has 0 aliphatic rings. The van der Waals surface area contributed by atoms with Crippen molar-refractivity contribution in [2.45, 2.75) is 264 Å². The van der Waals surface area contributed by atoms with Crippen molar-refractivity contribution in [1.29, 1.82) is 0 Å². The van der Waals surface area contributed by atoms with E-state index in [1.807, 2.05) is 27.2 Å². The Bertz CT molecular complexity index is 1670. The molecular weight excluding hydrogens is 972 g/mol. The van der Waals surface area contributed by atoms with Crippen LogP contribution in [0.15, 0.2) is 122 Å². The zero-order valence-electron chi connectivity index (χ0n) is 50.4. The van der Waals surface area contributed by atoms with Crippen molar-refractivity contribution in [3.8, 4) is 0 Å². The van der Waals surface area contributed by atoms with Gasteiger partial charge in [0.2, 0.25) is 5.91 Å². The minimum Gasteiger partial charge on any atom is -0.756 e. The number of phosphoric acid groups is 1. The van der Waals surface area contributed by atoms with Crippen LogP contribution in [0.25, 0.3) is 0 Å². The van der Waals surface area contributed by atoms with E-state index in [0.717, 1.165) is 103 Å². The molecule has 3 atom stereocenters. The Kier molecular flexibility index (Phi) is 55.3. The van der Waals surface area contributed by atoms with E-state index >= 15 is 0 Å². The summed E-state index contributed by atoms with van der Waals surface area (Å²) < 4.78 is 23.4. The van der Waals surface area contributed by atoms with Gasteiger partial charge in [-0.25, -0.2) is 0 Å². The topological polar surface area (TPSA) is 108 Å². The summed E-state index contributed by atoms with van der Waals surface area (Å²) in [6, 6.07) is -0.918. The first kappa shape index (κ1) is 73.9. The summed E-state index contributed by atoms with van der Waals surface area (Å²) in [5, 5.41) is 13.9. The second-order valence-electron chi connectivity index (χ2n) is 22.0. The lowest BCUT2D eigenvalue weighted by atomic mass is 10.0. The van der Waals surface area contributed by atoms with Gasteiger partial charge in [0.25, 0.3) is 7.82 Å². The summed E-state index contributed by atoms with van der Waals surface area (Å²) >= 11 is 0. The highest BCUT2D eigenvalue weighted by Gasteiger charge is 2.23. The fourth-order valence-corrected chi connectivity index (χ4v) is 9.26. The average Bonchev–Trinajstić information content (AvgIpc) is 3.39. The molecule has 0 saturated heterocycles. The van der Waals surface area contributed by atoms with Gasteiger partial charge < -0.3 is 28.8 Å². The Morgan fingerprint density at radius 2 is 0.805 bits per heavy atom. The van der Waals surface area contributed by atoms with Crippen LogP contribution in [0.1, 0.15) is 251 Å². The molecule has 1 amide bonds. The van der Waals surface area contributed by atoms with Crippen LogP contribution in [0, 0.1) is 0 Å². The Morgan fingerprint density at radius 3 is 1.21 bits per heavy atom. The van der Waals surface area contributed by atoms with E-state index in [0.29, 0.717) is 17.4 Å². The highest BCUT2D eigenvalue weighted by atomic mass is 31.2. The maximum absolute atomic E-state index is 13.0. The zero-order valence-corrected chi connectivity index (χ0v) is 51.3. The molecule has 0 rings (SSSR count). The smallest absolute Gasteiger partial charge is 0.268 e. The van der Waals surface area contributed by atoms with Gasteiger partial charge in [-0.3, -0.25) is 9.36 Å². The second-order valence-corrected chi connectivity index (χ2v) is 23.4. The standard InChI is InChI=1S/C68H119N2O6P/c1-6-8-10-12-14-16-18-20-22-24-26-28-30-31-32-33-34-35-36-37-38-39-40-42-44-46-48-50-52-54-56-58-60-62-68(72)69-66(65-76-77(73,74)75-64-63-70(3,4)5)67(71)61-59-57-55-53-51-49-47-45-43-41-29-27-25-23-21-19-17-15-13-11-9-7-2/h8,10,14,16,20,22,26,28,31-32,34-35,37-38,40,42,51,53,59,61,66-67,71H,6-7,9,11-13,15,17-19,21,23-25,27,29-30,33,36,39,41,43-50,52,54-58,60,62-65H2,1-5H3,(H-,69,72,73,74)/b10-8-,16-14-,22-20-,28-26-,32-31-,35-34-,38-37-,42-40-,53-51+,61-59+. The maximum Gasteiger partial charge on any atom is 0.268 e. The maximum atomic E-state index is 13.0. The molecule has 0 bridgehead atoms. The molecule has 0 aromatic heterocycles. The molecule has 2 N–H and O–H groups in total. The fraction of sp³-hybridized carbons (Fsp3) is 0.691. The number of hydrogen-bond donors (Lipinski definition) is 2. The van der Waals surface area contributed by atoms with Crippen LogP contribution in [0.2, 0.25) is 0 Å². The van der Waals surface area contributed by atoms with Crippen LogP contribution in [-0.4, -0.2) is 68.5 Å². The summed E-state index contributed by atoms with van der Waals surface area (Å²) in [5.74, 6) is -0.219. The number of likely N-dealkylation sites (N-methyl/N-ethyl adjacent to an activating group) is 1. The van der Waals surface area contributed by atoms with Crippen molar-refractivity contribution in [2.24, 2.45) is 0 Å².